The molecule has 1 aliphatic rings. The average molecular weight is 291 g/mol. The summed E-state index contributed by atoms with van der Waals surface area (Å²) in [6.07, 6.45) is 3.06. The summed E-state index contributed by atoms with van der Waals surface area (Å²) < 4.78 is 13.1. The van der Waals surface area contributed by atoms with Gasteiger partial charge in [0.05, 0.1) is 0 Å². The molecule has 0 bridgehead atoms. The van der Waals surface area contributed by atoms with Gasteiger partial charge in [0.1, 0.15) is 5.82 Å². The van der Waals surface area contributed by atoms with Gasteiger partial charge in [0.25, 0.3) is 0 Å². The molecule has 116 valence electrons. The first kappa shape index (κ1) is 15.8. The zero-order valence-electron chi connectivity index (χ0n) is 13.3. The van der Waals surface area contributed by atoms with Crippen molar-refractivity contribution in [1.82, 2.24) is 10.2 Å². The quantitative estimate of drug-likeness (QED) is 0.524. The van der Waals surface area contributed by atoms with Crippen molar-refractivity contribution in [2.75, 3.05) is 26.7 Å². The Morgan fingerprint density at radius 2 is 2.24 bits per heavy atom. The number of benzene rings is 1. The van der Waals surface area contributed by atoms with E-state index in [4.69, 9.17) is 0 Å². The molecule has 21 heavy (non-hydrogen) atoms. The van der Waals surface area contributed by atoms with Gasteiger partial charge >= 0.3 is 0 Å². The number of likely N-dealkylation sites (tertiary alicyclic amines) is 1. The summed E-state index contributed by atoms with van der Waals surface area (Å²) in [6.45, 7) is 7.57. The highest BCUT2D eigenvalue weighted by Crippen LogP contribution is 2.28. The van der Waals surface area contributed by atoms with Crippen LogP contribution in [0.1, 0.15) is 32.3 Å². The van der Waals surface area contributed by atoms with E-state index >= 15 is 0 Å². The van der Waals surface area contributed by atoms with Crippen molar-refractivity contribution in [2.45, 2.75) is 33.1 Å². The normalized spacial score (nSPS) is 18.1. The summed E-state index contributed by atoms with van der Waals surface area (Å²) in [5.74, 6) is 0.829. The molecule has 0 atom stereocenters. The number of aliphatic imine (C=N–C) groups is 1. The molecule has 3 nitrogen and oxygen atoms in total. The first-order valence-electron chi connectivity index (χ1n) is 7.70. The summed E-state index contributed by atoms with van der Waals surface area (Å²) in [5, 5.41) is 3.42. The molecule has 2 rings (SSSR count). The summed E-state index contributed by atoms with van der Waals surface area (Å²) in [6, 6.07) is 6.83. The molecule has 0 radical (unpaired) electrons. The van der Waals surface area contributed by atoms with Gasteiger partial charge in [0.15, 0.2) is 5.96 Å². The number of hydrogen-bond donors (Lipinski definition) is 1. The molecular weight excluding hydrogens is 265 g/mol. The molecule has 0 unspecified atom stereocenters. The zero-order chi connectivity index (χ0) is 15.3. The SMILES string of the molecule is CN=C(NCCCc1cccc(F)c1)N1CCC(C)(C)C1. The summed E-state index contributed by atoms with van der Waals surface area (Å²) in [4.78, 5) is 6.69. The van der Waals surface area contributed by atoms with E-state index in [1.165, 1.54) is 12.5 Å². The van der Waals surface area contributed by atoms with Crippen LogP contribution in [0.25, 0.3) is 0 Å². The lowest BCUT2D eigenvalue weighted by molar-refractivity contribution is 0.370. The number of halogens is 1. The topological polar surface area (TPSA) is 27.6 Å². The number of rotatable bonds is 4. The largest absolute Gasteiger partial charge is 0.356 e. The summed E-state index contributed by atoms with van der Waals surface area (Å²) in [7, 11) is 1.83. The summed E-state index contributed by atoms with van der Waals surface area (Å²) >= 11 is 0. The van der Waals surface area contributed by atoms with Crippen molar-refractivity contribution < 1.29 is 4.39 Å². The Labute approximate surface area is 127 Å². The summed E-state index contributed by atoms with van der Waals surface area (Å²) in [5.41, 5.74) is 1.42. The highest BCUT2D eigenvalue weighted by molar-refractivity contribution is 5.80. The predicted molar refractivity (Wildman–Crippen MR) is 86.1 cm³/mol. The molecule has 1 aromatic carbocycles. The molecule has 0 amide bonds. The van der Waals surface area contributed by atoms with Crippen LogP contribution < -0.4 is 5.32 Å². The standard InChI is InChI=1S/C17H26FN3/c1-17(2)9-11-21(13-17)16(19-3)20-10-5-7-14-6-4-8-15(18)12-14/h4,6,8,12H,5,7,9-11,13H2,1-3H3,(H,19,20). The Morgan fingerprint density at radius 1 is 1.43 bits per heavy atom. The Balaban J connectivity index is 1.74. The van der Waals surface area contributed by atoms with Crippen LogP contribution >= 0.6 is 0 Å². The second-order valence-corrected chi connectivity index (χ2v) is 6.54. The van der Waals surface area contributed by atoms with E-state index in [1.807, 2.05) is 13.1 Å². The van der Waals surface area contributed by atoms with Crippen molar-refractivity contribution in [3.8, 4) is 0 Å². The van der Waals surface area contributed by atoms with Gasteiger partial charge in [-0.15, -0.1) is 0 Å². The highest BCUT2D eigenvalue weighted by Gasteiger charge is 2.30. The minimum Gasteiger partial charge on any atom is -0.356 e. The van der Waals surface area contributed by atoms with Gasteiger partial charge in [-0.1, -0.05) is 26.0 Å². The first-order valence-corrected chi connectivity index (χ1v) is 7.70. The number of hydrogen-bond acceptors (Lipinski definition) is 1. The fraction of sp³-hybridized carbons (Fsp3) is 0.588. The van der Waals surface area contributed by atoms with Gasteiger partial charge in [0.2, 0.25) is 0 Å². The van der Waals surface area contributed by atoms with Crippen LogP contribution in [-0.4, -0.2) is 37.5 Å². The van der Waals surface area contributed by atoms with E-state index in [2.05, 4.69) is 29.1 Å². The molecule has 0 spiro atoms. The Morgan fingerprint density at radius 3 is 2.86 bits per heavy atom. The second kappa shape index (κ2) is 6.92. The second-order valence-electron chi connectivity index (χ2n) is 6.54. The fourth-order valence-electron chi connectivity index (χ4n) is 2.81. The van der Waals surface area contributed by atoms with Crippen LogP contribution in [-0.2, 0) is 6.42 Å². The minimum absolute atomic E-state index is 0.157. The predicted octanol–water partition coefficient (Wildman–Crippen LogP) is 3.07. The molecule has 0 saturated carbocycles. The van der Waals surface area contributed by atoms with Crippen molar-refractivity contribution in [3.63, 3.8) is 0 Å². The lowest BCUT2D eigenvalue weighted by atomic mass is 9.93. The average Bonchev–Trinajstić information content (AvgIpc) is 2.79. The number of aryl methyl sites for hydroxylation is 1. The van der Waals surface area contributed by atoms with Gasteiger partial charge in [-0.2, -0.15) is 0 Å². The lowest BCUT2D eigenvalue weighted by Gasteiger charge is -2.23. The highest BCUT2D eigenvalue weighted by atomic mass is 19.1. The fourth-order valence-corrected chi connectivity index (χ4v) is 2.81. The van der Waals surface area contributed by atoms with E-state index in [-0.39, 0.29) is 5.82 Å². The number of nitrogens with zero attached hydrogens (tertiary/aromatic N) is 2. The van der Waals surface area contributed by atoms with E-state index in [1.54, 1.807) is 12.1 Å². The van der Waals surface area contributed by atoms with Gasteiger partial charge < -0.3 is 10.2 Å². The van der Waals surface area contributed by atoms with Crippen molar-refractivity contribution in [2.24, 2.45) is 10.4 Å². The number of nitrogens with one attached hydrogen (secondary N) is 1. The smallest absolute Gasteiger partial charge is 0.193 e. The third-order valence-corrected chi connectivity index (χ3v) is 4.00. The zero-order valence-corrected chi connectivity index (χ0v) is 13.3. The minimum atomic E-state index is -0.157. The number of guanidine groups is 1. The van der Waals surface area contributed by atoms with E-state index in [0.29, 0.717) is 5.41 Å². The van der Waals surface area contributed by atoms with Crippen LogP contribution in [0.15, 0.2) is 29.3 Å². The Bertz CT molecular complexity index is 497. The van der Waals surface area contributed by atoms with Crippen molar-refractivity contribution >= 4 is 5.96 Å². The molecule has 1 N–H and O–H groups in total. The monoisotopic (exact) mass is 291 g/mol. The molecule has 1 heterocycles. The molecule has 0 aromatic heterocycles. The molecule has 1 saturated heterocycles. The van der Waals surface area contributed by atoms with Gasteiger partial charge in [-0.05, 0) is 42.4 Å². The van der Waals surface area contributed by atoms with Crippen LogP contribution in [0, 0.1) is 11.2 Å². The molecule has 0 aliphatic carbocycles. The molecule has 1 aromatic rings. The molecule has 1 fully saturated rings. The van der Waals surface area contributed by atoms with Gasteiger partial charge in [-0.25, -0.2) is 4.39 Å². The van der Waals surface area contributed by atoms with Gasteiger partial charge in [0, 0.05) is 26.7 Å². The van der Waals surface area contributed by atoms with E-state index in [9.17, 15) is 4.39 Å². The first-order chi connectivity index (χ1) is 10.00. The third kappa shape index (κ3) is 4.73. The Hall–Kier alpha value is -1.58. The maximum Gasteiger partial charge on any atom is 0.193 e. The third-order valence-electron chi connectivity index (χ3n) is 4.00. The van der Waals surface area contributed by atoms with Crippen LogP contribution in [0.3, 0.4) is 0 Å². The van der Waals surface area contributed by atoms with Crippen LogP contribution in [0.4, 0.5) is 4.39 Å². The maximum atomic E-state index is 13.1. The Kier molecular flexibility index (Phi) is 5.21. The van der Waals surface area contributed by atoms with Crippen molar-refractivity contribution in [3.05, 3.63) is 35.6 Å². The van der Waals surface area contributed by atoms with E-state index < -0.39 is 0 Å². The van der Waals surface area contributed by atoms with Gasteiger partial charge in [-0.3, -0.25) is 4.99 Å². The molecular formula is C17H26FN3. The van der Waals surface area contributed by atoms with Crippen LogP contribution in [0.5, 0.6) is 0 Å². The maximum absolute atomic E-state index is 13.1. The molecule has 1 aliphatic heterocycles. The molecule has 4 heteroatoms. The van der Waals surface area contributed by atoms with Crippen LogP contribution in [0.2, 0.25) is 0 Å². The lowest BCUT2D eigenvalue weighted by Crippen LogP contribution is -2.41. The van der Waals surface area contributed by atoms with Crippen molar-refractivity contribution in [1.29, 1.82) is 0 Å². The van der Waals surface area contributed by atoms with E-state index in [0.717, 1.165) is 44.0 Å².